The quantitative estimate of drug-likeness (QED) is 0.305. The SMILES string of the molecule is NCCCNc1ccc(-c2ccnc(Nc3cccc(CN4CCN(CC(=O)O)CC4)c3)c2)nn1. The molecule has 0 unspecified atom stereocenters. The van der Waals surface area contributed by atoms with Crippen LogP contribution in [0.2, 0.25) is 0 Å². The molecule has 0 radical (unpaired) electrons. The second-order valence-electron chi connectivity index (χ2n) is 8.57. The van der Waals surface area contributed by atoms with Gasteiger partial charge in [0.2, 0.25) is 0 Å². The molecular formula is C25H32N8O2. The highest BCUT2D eigenvalue weighted by Crippen LogP contribution is 2.23. The Morgan fingerprint density at radius 3 is 2.57 bits per heavy atom. The molecule has 1 aromatic carbocycles. The van der Waals surface area contributed by atoms with Gasteiger partial charge in [0.25, 0.3) is 0 Å². The summed E-state index contributed by atoms with van der Waals surface area (Å²) in [5.74, 6) is 0.692. The van der Waals surface area contributed by atoms with Crippen LogP contribution in [0.5, 0.6) is 0 Å². The molecule has 3 heterocycles. The second-order valence-corrected chi connectivity index (χ2v) is 8.57. The Morgan fingerprint density at radius 2 is 1.83 bits per heavy atom. The molecule has 1 aliphatic rings. The predicted octanol–water partition coefficient (Wildman–Crippen LogP) is 2.25. The lowest BCUT2D eigenvalue weighted by Crippen LogP contribution is -2.47. The first-order chi connectivity index (χ1) is 17.1. The number of carboxylic acids is 1. The minimum Gasteiger partial charge on any atom is -0.480 e. The summed E-state index contributed by atoms with van der Waals surface area (Å²) in [6.45, 7) is 5.61. The van der Waals surface area contributed by atoms with E-state index in [2.05, 4.69) is 42.8 Å². The van der Waals surface area contributed by atoms with Crippen LogP contribution in [0, 0.1) is 0 Å². The van der Waals surface area contributed by atoms with Crippen LogP contribution >= 0.6 is 0 Å². The van der Waals surface area contributed by atoms with Crippen LogP contribution in [-0.4, -0.2) is 81.9 Å². The summed E-state index contributed by atoms with van der Waals surface area (Å²) in [4.78, 5) is 19.7. The van der Waals surface area contributed by atoms with Gasteiger partial charge in [0, 0.05) is 56.7 Å². The van der Waals surface area contributed by atoms with E-state index in [0.717, 1.165) is 74.3 Å². The van der Waals surface area contributed by atoms with Gasteiger partial charge in [-0.3, -0.25) is 14.6 Å². The van der Waals surface area contributed by atoms with Gasteiger partial charge in [-0.25, -0.2) is 4.98 Å². The third-order valence-corrected chi connectivity index (χ3v) is 5.84. The lowest BCUT2D eigenvalue weighted by Gasteiger charge is -2.33. The van der Waals surface area contributed by atoms with Crippen LogP contribution in [0.15, 0.2) is 54.7 Å². The first-order valence-corrected chi connectivity index (χ1v) is 11.9. The lowest BCUT2D eigenvalue weighted by molar-refractivity contribution is -0.138. The zero-order chi connectivity index (χ0) is 24.5. The average Bonchev–Trinajstić information content (AvgIpc) is 2.86. The molecule has 1 fully saturated rings. The van der Waals surface area contributed by atoms with Crippen molar-refractivity contribution in [2.24, 2.45) is 5.73 Å². The van der Waals surface area contributed by atoms with Gasteiger partial charge in [-0.1, -0.05) is 12.1 Å². The number of carboxylic acid groups (broad SMARTS) is 1. The number of nitrogens with zero attached hydrogens (tertiary/aromatic N) is 5. The maximum Gasteiger partial charge on any atom is 0.317 e. The smallest absolute Gasteiger partial charge is 0.317 e. The molecule has 10 heteroatoms. The topological polar surface area (TPSA) is 133 Å². The zero-order valence-corrected chi connectivity index (χ0v) is 19.7. The lowest BCUT2D eigenvalue weighted by atomic mass is 10.1. The van der Waals surface area contributed by atoms with E-state index in [1.807, 2.05) is 41.3 Å². The Morgan fingerprint density at radius 1 is 1.00 bits per heavy atom. The number of hydrogen-bond donors (Lipinski definition) is 4. The van der Waals surface area contributed by atoms with Crippen molar-refractivity contribution in [1.29, 1.82) is 0 Å². The number of aliphatic carboxylic acids is 1. The van der Waals surface area contributed by atoms with Crippen LogP contribution in [0.25, 0.3) is 11.3 Å². The molecule has 3 aromatic rings. The summed E-state index contributed by atoms with van der Waals surface area (Å²) < 4.78 is 0. The Kier molecular flexibility index (Phi) is 8.55. The normalized spacial score (nSPS) is 14.5. The number of nitrogens with two attached hydrogens (primary N) is 1. The number of anilines is 3. The highest BCUT2D eigenvalue weighted by Gasteiger charge is 2.18. The third-order valence-electron chi connectivity index (χ3n) is 5.84. The number of piperazine rings is 1. The fourth-order valence-electron chi connectivity index (χ4n) is 4.01. The van der Waals surface area contributed by atoms with E-state index in [1.54, 1.807) is 6.20 Å². The molecule has 10 nitrogen and oxygen atoms in total. The van der Waals surface area contributed by atoms with Gasteiger partial charge in [-0.15, -0.1) is 10.2 Å². The first-order valence-electron chi connectivity index (χ1n) is 11.9. The van der Waals surface area contributed by atoms with Crippen LogP contribution in [0.1, 0.15) is 12.0 Å². The van der Waals surface area contributed by atoms with E-state index in [0.29, 0.717) is 6.54 Å². The van der Waals surface area contributed by atoms with E-state index >= 15 is 0 Å². The number of carbonyl (C=O) groups is 1. The van der Waals surface area contributed by atoms with Crippen LogP contribution in [-0.2, 0) is 11.3 Å². The Hall–Kier alpha value is -3.60. The number of rotatable bonds is 11. The van der Waals surface area contributed by atoms with Gasteiger partial charge in [-0.05, 0) is 54.9 Å². The number of pyridine rings is 1. The van der Waals surface area contributed by atoms with E-state index in [-0.39, 0.29) is 6.54 Å². The van der Waals surface area contributed by atoms with Crippen molar-refractivity contribution in [1.82, 2.24) is 25.0 Å². The van der Waals surface area contributed by atoms with Crippen molar-refractivity contribution in [2.75, 3.05) is 56.4 Å². The molecule has 0 amide bonds. The summed E-state index contributed by atoms with van der Waals surface area (Å²) in [5.41, 5.74) is 9.38. The third kappa shape index (κ3) is 7.44. The molecule has 1 aliphatic heterocycles. The summed E-state index contributed by atoms with van der Waals surface area (Å²) in [5, 5.41) is 24.1. The molecule has 0 atom stereocenters. The van der Waals surface area contributed by atoms with Gasteiger partial charge in [0.1, 0.15) is 11.6 Å². The maximum absolute atomic E-state index is 10.9. The van der Waals surface area contributed by atoms with Crippen molar-refractivity contribution in [3.63, 3.8) is 0 Å². The molecule has 0 saturated carbocycles. The van der Waals surface area contributed by atoms with Gasteiger partial charge in [-0.2, -0.15) is 0 Å². The van der Waals surface area contributed by atoms with E-state index in [4.69, 9.17) is 10.8 Å². The minimum absolute atomic E-state index is 0.112. The fraction of sp³-hybridized carbons (Fsp3) is 0.360. The zero-order valence-electron chi connectivity index (χ0n) is 19.7. The van der Waals surface area contributed by atoms with Crippen LogP contribution in [0.3, 0.4) is 0 Å². The number of benzene rings is 1. The van der Waals surface area contributed by atoms with Crippen molar-refractivity contribution in [3.05, 3.63) is 60.3 Å². The summed E-state index contributed by atoms with van der Waals surface area (Å²) in [6, 6.07) is 16.0. The summed E-state index contributed by atoms with van der Waals surface area (Å²) >= 11 is 0. The van der Waals surface area contributed by atoms with E-state index in [1.165, 1.54) is 5.56 Å². The van der Waals surface area contributed by atoms with E-state index in [9.17, 15) is 4.79 Å². The van der Waals surface area contributed by atoms with Crippen molar-refractivity contribution < 1.29 is 9.90 Å². The number of hydrogen-bond acceptors (Lipinski definition) is 9. The Labute approximate surface area is 205 Å². The first kappa shape index (κ1) is 24.5. The molecule has 184 valence electrons. The number of nitrogens with one attached hydrogen (secondary N) is 2. The van der Waals surface area contributed by atoms with Crippen molar-refractivity contribution >= 4 is 23.3 Å². The average molecular weight is 477 g/mol. The van der Waals surface area contributed by atoms with Gasteiger partial charge < -0.3 is 21.5 Å². The van der Waals surface area contributed by atoms with Crippen LogP contribution < -0.4 is 16.4 Å². The minimum atomic E-state index is -0.769. The van der Waals surface area contributed by atoms with Gasteiger partial charge in [0.15, 0.2) is 0 Å². The molecular weight excluding hydrogens is 444 g/mol. The van der Waals surface area contributed by atoms with Gasteiger partial charge in [0.05, 0.1) is 12.2 Å². The highest BCUT2D eigenvalue weighted by atomic mass is 16.4. The molecule has 0 spiro atoms. The molecule has 2 aromatic heterocycles. The predicted molar refractivity (Wildman–Crippen MR) is 137 cm³/mol. The molecule has 4 rings (SSSR count). The molecule has 5 N–H and O–H groups in total. The Balaban J connectivity index is 1.35. The monoisotopic (exact) mass is 476 g/mol. The molecule has 0 bridgehead atoms. The van der Waals surface area contributed by atoms with Crippen molar-refractivity contribution in [3.8, 4) is 11.3 Å². The standard InChI is InChI=1S/C25H32N8O2/c26-8-2-9-27-23-6-5-22(30-31-23)20-7-10-28-24(16-20)29-21-4-1-3-19(15-21)17-32-11-13-33(14-12-32)18-25(34)35/h1,3-7,10,15-16H,2,8-9,11-14,17-18,26H2,(H,27,31)(H,28,29)(H,34,35). The van der Waals surface area contributed by atoms with Gasteiger partial charge >= 0.3 is 5.97 Å². The Bertz CT molecular complexity index is 1100. The fourth-order valence-corrected chi connectivity index (χ4v) is 4.01. The molecule has 1 saturated heterocycles. The molecule has 0 aliphatic carbocycles. The maximum atomic E-state index is 10.9. The van der Waals surface area contributed by atoms with Crippen molar-refractivity contribution in [2.45, 2.75) is 13.0 Å². The second kappa shape index (κ2) is 12.2. The number of aromatic nitrogens is 3. The van der Waals surface area contributed by atoms with E-state index < -0.39 is 5.97 Å². The largest absolute Gasteiger partial charge is 0.480 e. The highest BCUT2D eigenvalue weighted by molar-refractivity contribution is 5.69. The summed E-state index contributed by atoms with van der Waals surface area (Å²) in [7, 11) is 0. The summed E-state index contributed by atoms with van der Waals surface area (Å²) in [6.07, 6.45) is 2.64. The van der Waals surface area contributed by atoms with Crippen LogP contribution in [0.4, 0.5) is 17.3 Å². The molecule has 35 heavy (non-hydrogen) atoms.